The number of carbonyl (C=O) groups is 1. The lowest BCUT2D eigenvalue weighted by Crippen LogP contribution is -2.35. The number of nitrogens with one attached hydrogen (secondary N) is 1. The monoisotopic (exact) mass is 333 g/mol. The average Bonchev–Trinajstić information content (AvgIpc) is 2.53. The highest BCUT2D eigenvalue weighted by molar-refractivity contribution is 7.99. The standard InChI is InChI=1S/C17H23N3O2S/c1-4-13(5-2)19-16(21)11-23-10-14-8-17(22)20-9-12(3)6-7-15(20)18-14/h6-9,13H,4-5,10-11H2,1-3H3,(H,19,21). The summed E-state index contributed by atoms with van der Waals surface area (Å²) >= 11 is 1.48. The van der Waals surface area contributed by atoms with Gasteiger partial charge in [0, 0.05) is 24.1 Å². The van der Waals surface area contributed by atoms with Gasteiger partial charge in [-0.2, -0.15) is 0 Å². The average molecular weight is 333 g/mol. The third-order valence-corrected chi connectivity index (χ3v) is 4.66. The van der Waals surface area contributed by atoms with Crippen molar-refractivity contribution in [2.45, 2.75) is 45.4 Å². The molecule has 23 heavy (non-hydrogen) atoms. The number of hydrogen-bond acceptors (Lipinski definition) is 4. The fraction of sp³-hybridized carbons (Fsp3) is 0.471. The highest BCUT2D eigenvalue weighted by Gasteiger charge is 2.09. The second-order valence-electron chi connectivity index (χ2n) is 5.59. The highest BCUT2D eigenvalue weighted by Crippen LogP contribution is 2.10. The van der Waals surface area contributed by atoms with Gasteiger partial charge in [0.15, 0.2) is 0 Å². The first-order chi connectivity index (χ1) is 11.0. The minimum Gasteiger partial charge on any atom is -0.353 e. The molecule has 0 spiro atoms. The van der Waals surface area contributed by atoms with Gasteiger partial charge in [-0.3, -0.25) is 14.0 Å². The minimum absolute atomic E-state index is 0.0387. The van der Waals surface area contributed by atoms with Crippen LogP contribution in [0.1, 0.15) is 37.9 Å². The first kappa shape index (κ1) is 17.5. The Hall–Kier alpha value is -1.82. The van der Waals surface area contributed by atoms with Crippen LogP contribution in [0.4, 0.5) is 0 Å². The zero-order valence-electron chi connectivity index (χ0n) is 13.8. The van der Waals surface area contributed by atoms with E-state index in [-0.39, 0.29) is 17.5 Å². The molecule has 2 heterocycles. The van der Waals surface area contributed by atoms with Crippen molar-refractivity contribution in [3.63, 3.8) is 0 Å². The predicted octanol–water partition coefficient (Wildman–Crippen LogP) is 2.54. The molecule has 0 unspecified atom stereocenters. The predicted molar refractivity (Wildman–Crippen MR) is 94.9 cm³/mol. The molecule has 0 aromatic carbocycles. The topological polar surface area (TPSA) is 63.5 Å². The fourth-order valence-electron chi connectivity index (χ4n) is 2.34. The lowest BCUT2D eigenvalue weighted by Gasteiger charge is -2.14. The molecule has 2 rings (SSSR count). The summed E-state index contributed by atoms with van der Waals surface area (Å²) in [5.41, 5.74) is 2.27. The van der Waals surface area contributed by atoms with Gasteiger partial charge < -0.3 is 5.32 Å². The van der Waals surface area contributed by atoms with Gasteiger partial charge in [0.2, 0.25) is 5.91 Å². The molecule has 0 bridgehead atoms. The number of thioether (sulfide) groups is 1. The number of amides is 1. The summed E-state index contributed by atoms with van der Waals surface area (Å²) < 4.78 is 1.54. The molecular weight excluding hydrogens is 310 g/mol. The maximum atomic E-state index is 12.1. The van der Waals surface area contributed by atoms with Crippen molar-refractivity contribution in [3.05, 3.63) is 46.0 Å². The number of pyridine rings is 1. The van der Waals surface area contributed by atoms with E-state index in [4.69, 9.17) is 0 Å². The molecule has 0 atom stereocenters. The maximum absolute atomic E-state index is 12.1. The van der Waals surface area contributed by atoms with Crippen LogP contribution in [0.5, 0.6) is 0 Å². The third kappa shape index (κ3) is 4.82. The number of aromatic nitrogens is 2. The van der Waals surface area contributed by atoms with E-state index in [1.807, 2.05) is 19.1 Å². The van der Waals surface area contributed by atoms with Gasteiger partial charge in [-0.1, -0.05) is 19.9 Å². The van der Waals surface area contributed by atoms with E-state index in [9.17, 15) is 9.59 Å². The summed E-state index contributed by atoms with van der Waals surface area (Å²) in [7, 11) is 0. The Balaban J connectivity index is 1.96. The van der Waals surface area contributed by atoms with Crippen LogP contribution in [0, 0.1) is 6.92 Å². The van der Waals surface area contributed by atoms with Crippen LogP contribution < -0.4 is 10.9 Å². The van der Waals surface area contributed by atoms with Crippen molar-refractivity contribution in [1.82, 2.24) is 14.7 Å². The first-order valence-corrected chi connectivity index (χ1v) is 9.05. The molecule has 0 radical (unpaired) electrons. The summed E-state index contributed by atoms with van der Waals surface area (Å²) in [6.07, 6.45) is 3.66. The maximum Gasteiger partial charge on any atom is 0.258 e. The second kappa shape index (κ2) is 8.15. The van der Waals surface area contributed by atoms with Crippen LogP contribution in [-0.2, 0) is 10.5 Å². The van der Waals surface area contributed by atoms with E-state index >= 15 is 0 Å². The Morgan fingerprint density at radius 3 is 2.78 bits per heavy atom. The molecule has 6 heteroatoms. The molecule has 0 aliphatic heterocycles. The van der Waals surface area contributed by atoms with Crippen LogP contribution in [0.25, 0.3) is 5.65 Å². The van der Waals surface area contributed by atoms with Crippen molar-refractivity contribution in [2.75, 3.05) is 5.75 Å². The minimum atomic E-state index is -0.0872. The Kier molecular flexibility index (Phi) is 6.21. The number of rotatable bonds is 7. The van der Waals surface area contributed by atoms with Crippen LogP contribution in [0.2, 0.25) is 0 Å². The smallest absolute Gasteiger partial charge is 0.258 e. The molecule has 1 N–H and O–H groups in total. The molecule has 0 fully saturated rings. The summed E-state index contributed by atoms with van der Waals surface area (Å²) in [6, 6.07) is 5.56. The van der Waals surface area contributed by atoms with Gasteiger partial charge in [0.25, 0.3) is 5.56 Å². The van der Waals surface area contributed by atoms with E-state index in [0.717, 1.165) is 18.4 Å². The van der Waals surface area contributed by atoms with Gasteiger partial charge >= 0.3 is 0 Å². The molecule has 5 nitrogen and oxygen atoms in total. The lowest BCUT2D eigenvalue weighted by molar-refractivity contribution is -0.119. The summed E-state index contributed by atoms with van der Waals surface area (Å²) in [5.74, 6) is 0.971. The fourth-order valence-corrected chi connectivity index (χ4v) is 3.07. The van der Waals surface area contributed by atoms with E-state index in [2.05, 4.69) is 24.1 Å². The molecule has 0 saturated carbocycles. The number of hydrogen-bond donors (Lipinski definition) is 1. The molecule has 0 saturated heterocycles. The van der Waals surface area contributed by atoms with Crippen LogP contribution >= 0.6 is 11.8 Å². The third-order valence-electron chi connectivity index (χ3n) is 3.69. The SMILES string of the molecule is CCC(CC)NC(=O)CSCc1cc(=O)n2cc(C)ccc2n1. The van der Waals surface area contributed by atoms with Gasteiger partial charge in [0.1, 0.15) is 5.65 Å². The molecule has 124 valence electrons. The van der Waals surface area contributed by atoms with Gasteiger partial charge in [0.05, 0.1) is 11.4 Å². The van der Waals surface area contributed by atoms with Crippen LogP contribution in [-0.4, -0.2) is 27.1 Å². The highest BCUT2D eigenvalue weighted by atomic mass is 32.2. The number of fused-ring (bicyclic) bond motifs is 1. The van der Waals surface area contributed by atoms with E-state index in [1.165, 1.54) is 17.8 Å². The quantitative estimate of drug-likeness (QED) is 0.846. The number of nitrogens with zero attached hydrogens (tertiary/aromatic N) is 2. The summed E-state index contributed by atoms with van der Waals surface area (Å²) in [6.45, 7) is 6.07. The van der Waals surface area contributed by atoms with Crippen molar-refractivity contribution >= 4 is 23.3 Å². The Labute approximate surface area is 140 Å². The lowest BCUT2D eigenvalue weighted by atomic mass is 10.2. The van der Waals surface area contributed by atoms with Crippen molar-refractivity contribution < 1.29 is 4.79 Å². The van der Waals surface area contributed by atoms with Crippen LogP contribution in [0.15, 0.2) is 29.2 Å². The molecular formula is C17H23N3O2S. The van der Waals surface area contributed by atoms with E-state index in [1.54, 1.807) is 10.6 Å². The molecule has 0 aliphatic rings. The molecule has 0 aliphatic carbocycles. The van der Waals surface area contributed by atoms with E-state index < -0.39 is 0 Å². The van der Waals surface area contributed by atoms with Crippen LogP contribution in [0.3, 0.4) is 0 Å². The first-order valence-electron chi connectivity index (χ1n) is 7.89. The summed E-state index contributed by atoms with van der Waals surface area (Å²) in [4.78, 5) is 28.4. The van der Waals surface area contributed by atoms with Gasteiger partial charge in [-0.15, -0.1) is 11.8 Å². The largest absolute Gasteiger partial charge is 0.353 e. The Morgan fingerprint density at radius 1 is 1.35 bits per heavy atom. The summed E-state index contributed by atoms with van der Waals surface area (Å²) in [5, 5.41) is 3.00. The normalized spacial score (nSPS) is 11.1. The Bertz CT molecular complexity index is 738. The van der Waals surface area contributed by atoms with Crippen molar-refractivity contribution in [2.24, 2.45) is 0 Å². The number of carbonyl (C=O) groups excluding carboxylic acids is 1. The van der Waals surface area contributed by atoms with Crippen molar-refractivity contribution in [3.8, 4) is 0 Å². The van der Waals surface area contributed by atoms with Crippen molar-refractivity contribution in [1.29, 1.82) is 0 Å². The molecule has 2 aromatic heterocycles. The number of aryl methyl sites for hydroxylation is 1. The molecule has 2 aromatic rings. The van der Waals surface area contributed by atoms with Gasteiger partial charge in [-0.05, 0) is 31.4 Å². The Morgan fingerprint density at radius 2 is 2.09 bits per heavy atom. The molecule has 1 amide bonds. The second-order valence-corrected chi connectivity index (χ2v) is 6.58. The van der Waals surface area contributed by atoms with Gasteiger partial charge in [-0.25, -0.2) is 4.98 Å². The zero-order valence-corrected chi connectivity index (χ0v) is 14.7. The zero-order chi connectivity index (χ0) is 16.8. The van der Waals surface area contributed by atoms with E-state index in [0.29, 0.717) is 22.8 Å².